The first kappa shape index (κ1) is 21.8. The van der Waals surface area contributed by atoms with E-state index < -0.39 is 35.1 Å². The van der Waals surface area contributed by atoms with Crippen LogP contribution in [0.3, 0.4) is 0 Å². The summed E-state index contributed by atoms with van der Waals surface area (Å²) in [6.07, 6.45) is 0. The van der Waals surface area contributed by atoms with E-state index in [9.17, 15) is 14.4 Å². The van der Waals surface area contributed by atoms with E-state index in [2.05, 4.69) is 11.3 Å². The third-order valence-electron chi connectivity index (χ3n) is 3.71. The van der Waals surface area contributed by atoms with E-state index in [1.54, 1.807) is 0 Å². The molecular formula is C19H20FNO6. The Bertz CT molecular complexity index is 747. The molecule has 0 amide bonds. The topological polar surface area (TPSA) is 103 Å². The van der Waals surface area contributed by atoms with E-state index >= 15 is 4.39 Å². The lowest BCUT2D eigenvalue weighted by Crippen LogP contribution is -2.51. The van der Waals surface area contributed by atoms with E-state index in [4.69, 9.17) is 14.7 Å². The number of methoxy groups -OCH3 is 1. The molecule has 0 N–H and O–H groups in total. The Morgan fingerprint density at radius 2 is 1.63 bits per heavy atom. The van der Waals surface area contributed by atoms with Crippen LogP contribution < -0.4 is 0 Å². The molecule has 1 rings (SSSR count). The fraction of sp³-hybridized carbons (Fsp3) is 0.368. The highest BCUT2D eigenvalue weighted by molar-refractivity contribution is 6.07. The zero-order valence-electron chi connectivity index (χ0n) is 15.3. The molecule has 0 saturated heterocycles. The molecule has 7 nitrogen and oxygen atoms in total. The van der Waals surface area contributed by atoms with Gasteiger partial charge in [-0.05, 0) is 31.5 Å². The summed E-state index contributed by atoms with van der Waals surface area (Å²) in [5.41, 5.74) is -3.54. The van der Waals surface area contributed by atoms with Crippen molar-refractivity contribution in [3.63, 3.8) is 0 Å². The van der Waals surface area contributed by atoms with Gasteiger partial charge in [-0.2, -0.15) is 5.26 Å². The van der Waals surface area contributed by atoms with Gasteiger partial charge >= 0.3 is 23.6 Å². The molecule has 0 radical (unpaired) electrons. The van der Waals surface area contributed by atoms with Crippen molar-refractivity contribution in [1.82, 2.24) is 0 Å². The van der Waals surface area contributed by atoms with Gasteiger partial charge in [0.15, 0.2) is 0 Å². The predicted octanol–water partition coefficient (Wildman–Crippen LogP) is 2.21. The van der Waals surface area contributed by atoms with Gasteiger partial charge in [-0.1, -0.05) is 18.7 Å². The number of esters is 3. The number of carbonyl (C=O) groups is 3. The van der Waals surface area contributed by atoms with Crippen LogP contribution in [0.1, 0.15) is 30.9 Å². The summed E-state index contributed by atoms with van der Waals surface area (Å²) in [6, 6.07) is 7.21. The predicted molar refractivity (Wildman–Crippen MR) is 92.2 cm³/mol. The fourth-order valence-corrected chi connectivity index (χ4v) is 2.46. The normalized spacial score (nSPS) is 11.7. The van der Waals surface area contributed by atoms with E-state index in [1.165, 1.54) is 38.1 Å². The summed E-state index contributed by atoms with van der Waals surface area (Å²) >= 11 is 0. The fourth-order valence-electron chi connectivity index (χ4n) is 2.46. The van der Waals surface area contributed by atoms with Crippen LogP contribution in [0, 0.1) is 11.3 Å². The van der Waals surface area contributed by atoms with Crippen molar-refractivity contribution in [2.24, 2.45) is 0 Å². The van der Waals surface area contributed by atoms with Crippen molar-refractivity contribution in [2.45, 2.75) is 25.4 Å². The van der Waals surface area contributed by atoms with E-state index in [0.29, 0.717) is 0 Å². The van der Waals surface area contributed by atoms with Crippen LogP contribution in [0.25, 0.3) is 0 Å². The van der Waals surface area contributed by atoms with E-state index in [0.717, 1.165) is 7.11 Å². The molecule has 0 unspecified atom stereocenters. The maximum Gasteiger partial charge on any atom is 0.356 e. The Kier molecular flexibility index (Phi) is 7.66. The molecule has 0 saturated carbocycles. The lowest BCUT2D eigenvalue weighted by molar-refractivity contribution is -0.176. The lowest BCUT2D eigenvalue weighted by atomic mass is 9.78. The first-order valence-electron chi connectivity index (χ1n) is 8.08. The number of hydrogen-bond donors (Lipinski definition) is 0. The zero-order chi connectivity index (χ0) is 20.6. The molecule has 1 aromatic carbocycles. The summed E-state index contributed by atoms with van der Waals surface area (Å²) in [5, 5.41) is 8.91. The standard InChI is InChI=1S/C19H20FNO6/c1-5-26-17(23)19(20,18(24)27-6-2)15(12(3)16(22)25-4)14-9-7-13(11-21)8-10-14/h7-10,15H,3,5-6H2,1-2,4H3/t15-/m1/s1. The first-order chi connectivity index (χ1) is 12.8. The monoisotopic (exact) mass is 377 g/mol. The van der Waals surface area contributed by atoms with Gasteiger partial charge in [0.05, 0.1) is 37.9 Å². The summed E-state index contributed by atoms with van der Waals surface area (Å²) in [4.78, 5) is 36.8. The molecule has 0 aliphatic carbocycles. The average Bonchev–Trinajstić information content (AvgIpc) is 2.67. The number of nitrogens with zero attached hydrogens (tertiary/aromatic N) is 1. The van der Waals surface area contributed by atoms with Gasteiger partial charge in [0, 0.05) is 5.57 Å². The summed E-state index contributed by atoms with van der Waals surface area (Å²) < 4.78 is 30.0. The smallest absolute Gasteiger partial charge is 0.356 e. The highest BCUT2D eigenvalue weighted by atomic mass is 19.1. The number of nitriles is 1. The molecule has 0 fully saturated rings. The zero-order valence-corrected chi connectivity index (χ0v) is 15.3. The molecule has 27 heavy (non-hydrogen) atoms. The lowest BCUT2D eigenvalue weighted by Gasteiger charge is -2.30. The average molecular weight is 377 g/mol. The molecule has 0 aliphatic rings. The number of ether oxygens (including phenoxy) is 3. The molecule has 1 aromatic rings. The second-order valence-corrected chi connectivity index (χ2v) is 5.34. The van der Waals surface area contributed by atoms with Gasteiger partial charge in [0.2, 0.25) is 0 Å². The second-order valence-electron chi connectivity index (χ2n) is 5.34. The Labute approximate surface area is 156 Å². The number of benzene rings is 1. The maximum atomic E-state index is 15.9. The van der Waals surface area contributed by atoms with Gasteiger partial charge in [-0.25, -0.2) is 18.8 Å². The van der Waals surface area contributed by atoms with Crippen LogP contribution in [0.5, 0.6) is 0 Å². The third-order valence-corrected chi connectivity index (χ3v) is 3.71. The number of carbonyl (C=O) groups excluding carboxylic acids is 3. The maximum absolute atomic E-state index is 15.9. The van der Waals surface area contributed by atoms with Gasteiger partial charge < -0.3 is 14.2 Å². The Morgan fingerprint density at radius 3 is 2.00 bits per heavy atom. The quantitative estimate of drug-likeness (QED) is 0.296. The van der Waals surface area contributed by atoms with Gasteiger partial charge in [-0.3, -0.25) is 0 Å². The van der Waals surface area contributed by atoms with Crippen molar-refractivity contribution in [2.75, 3.05) is 20.3 Å². The van der Waals surface area contributed by atoms with Crippen molar-refractivity contribution >= 4 is 17.9 Å². The third kappa shape index (κ3) is 4.50. The molecule has 1 atom stereocenters. The highest BCUT2D eigenvalue weighted by Gasteiger charge is 2.58. The van der Waals surface area contributed by atoms with Crippen LogP contribution in [0.4, 0.5) is 4.39 Å². The summed E-state index contributed by atoms with van der Waals surface area (Å²) in [6.45, 7) is 5.98. The summed E-state index contributed by atoms with van der Waals surface area (Å²) in [5.74, 6) is -5.80. The van der Waals surface area contributed by atoms with Crippen LogP contribution in [0.15, 0.2) is 36.4 Å². The number of rotatable bonds is 8. The summed E-state index contributed by atoms with van der Waals surface area (Å²) in [7, 11) is 1.05. The van der Waals surface area contributed by atoms with Crippen molar-refractivity contribution in [1.29, 1.82) is 5.26 Å². The first-order valence-corrected chi connectivity index (χ1v) is 8.08. The molecule has 0 spiro atoms. The van der Waals surface area contributed by atoms with Crippen molar-refractivity contribution < 1.29 is 33.0 Å². The van der Waals surface area contributed by atoms with Gasteiger partial charge in [-0.15, -0.1) is 0 Å². The molecule has 0 aliphatic heterocycles. The second kappa shape index (κ2) is 9.48. The minimum atomic E-state index is -3.37. The molecule has 0 bridgehead atoms. The number of alkyl halides is 1. The van der Waals surface area contributed by atoms with Crippen LogP contribution in [-0.4, -0.2) is 43.9 Å². The van der Waals surface area contributed by atoms with Gasteiger partial charge in [0.25, 0.3) is 0 Å². The Hall–Kier alpha value is -3.21. The number of halogens is 1. The molecule has 8 heteroatoms. The van der Waals surface area contributed by atoms with E-state index in [1.807, 2.05) is 6.07 Å². The SMILES string of the molecule is C=C(C(=O)OC)[C@H](c1ccc(C#N)cc1)C(F)(C(=O)OCC)C(=O)OCC. The number of hydrogen-bond acceptors (Lipinski definition) is 7. The van der Waals surface area contributed by atoms with Crippen molar-refractivity contribution in [3.8, 4) is 6.07 Å². The van der Waals surface area contributed by atoms with Gasteiger partial charge in [0.1, 0.15) is 0 Å². The Morgan fingerprint density at radius 1 is 1.15 bits per heavy atom. The van der Waals surface area contributed by atoms with Crippen molar-refractivity contribution in [3.05, 3.63) is 47.5 Å². The molecule has 0 aromatic heterocycles. The van der Waals surface area contributed by atoms with E-state index in [-0.39, 0.29) is 24.3 Å². The largest absolute Gasteiger partial charge is 0.466 e. The molecule has 0 heterocycles. The van der Waals surface area contributed by atoms with Crippen LogP contribution in [-0.2, 0) is 28.6 Å². The highest BCUT2D eigenvalue weighted by Crippen LogP contribution is 2.40. The van der Waals surface area contributed by atoms with Crippen LogP contribution in [0.2, 0.25) is 0 Å². The molecule has 144 valence electrons. The molecular weight excluding hydrogens is 357 g/mol. The Balaban J connectivity index is 3.65. The minimum Gasteiger partial charge on any atom is -0.466 e. The minimum absolute atomic E-state index is 0.0491. The van der Waals surface area contributed by atoms with Crippen LogP contribution >= 0.6 is 0 Å².